The highest BCUT2D eigenvalue weighted by Gasteiger charge is 2.10. The average molecular weight is 320 g/mol. The van der Waals surface area contributed by atoms with E-state index in [0.717, 1.165) is 6.42 Å². The summed E-state index contributed by atoms with van der Waals surface area (Å²) in [6, 6.07) is 14.8. The van der Waals surface area contributed by atoms with Crippen LogP contribution in [0.1, 0.15) is 20.3 Å². The number of halogens is 1. The van der Waals surface area contributed by atoms with Crippen LogP contribution in [0.5, 0.6) is 17.2 Å². The summed E-state index contributed by atoms with van der Waals surface area (Å²) in [6.45, 7) is 4.76. The Morgan fingerprint density at radius 3 is 2.45 bits per heavy atom. The first-order valence-electron chi connectivity index (χ1n) is 7.45. The van der Waals surface area contributed by atoms with E-state index in [0.29, 0.717) is 34.8 Å². The van der Waals surface area contributed by atoms with Gasteiger partial charge in [0.25, 0.3) is 0 Å². The zero-order valence-corrected chi connectivity index (χ0v) is 13.7. The summed E-state index contributed by atoms with van der Waals surface area (Å²) in [5, 5.41) is 0.634. The minimum absolute atomic E-state index is 0.0132. The molecule has 0 heterocycles. The molecule has 0 aliphatic heterocycles. The molecule has 0 spiro atoms. The highest BCUT2D eigenvalue weighted by atomic mass is 35.5. The summed E-state index contributed by atoms with van der Waals surface area (Å²) in [6.07, 6.45) is 0.928. The third-order valence-electron chi connectivity index (χ3n) is 3.10. The van der Waals surface area contributed by atoms with Crippen molar-refractivity contribution in [2.45, 2.75) is 26.3 Å². The summed E-state index contributed by atoms with van der Waals surface area (Å²) in [5.41, 5.74) is 6.06. The molecule has 0 bridgehead atoms. The van der Waals surface area contributed by atoms with Crippen LogP contribution in [0, 0.1) is 5.92 Å². The molecule has 0 amide bonds. The van der Waals surface area contributed by atoms with Gasteiger partial charge < -0.3 is 15.2 Å². The van der Waals surface area contributed by atoms with Gasteiger partial charge in [0.1, 0.15) is 12.4 Å². The predicted octanol–water partition coefficient (Wildman–Crippen LogP) is 4.88. The maximum absolute atomic E-state index is 6.06. The SMILES string of the molecule is CC(C)C[C@@H](N)COc1ccccc1Oc1cccc(Cl)c1. The van der Waals surface area contributed by atoms with Crippen molar-refractivity contribution in [3.05, 3.63) is 53.6 Å². The number of hydrogen-bond acceptors (Lipinski definition) is 3. The van der Waals surface area contributed by atoms with Crippen LogP contribution in [0.2, 0.25) is 5.02 Å². The van der Waals surface area contributed by atoms with Gasteiger partial charge in [-0.2, -0.15) is 0 Å². The van der Waals surface area contributed by atoms with Crippen LogP contribution in [-0.2, 0) is 0 Å². The second-order valence-corrected chi connectivity index (χ2v) is 6.14. The van der Waals surface area contributed by atoms with E-state index in [2.05, 4.69) is 13.8 Å². The van der Waals surface area contributed by atoms with Gasteiger partial charge in [0.05, 0.1) is 0 Å². The van der Waals surface area contributed by atoms with Crippen molar-refractivity contribution in [2.24, 2.45) is 11.7 Å². The van der Waals surface area contributed by atoms with Crippen molar-refractivity contribution < 1.29 is 9.47 Å². The molecular formula is C18H22ClNO2. The van der Waals surface area contributed by atoms with Gasteiger partial charge in [-0.05, 0) is 42.7 Å². The Labute approximate surface area is 137 Å². The number of benzene rings is 2. The third-order valence-corrected chi connectivity index (χ3v) is 3.34. The zero-order chi connectivity index (χ0) is 15.9. The van der Waals surface area contributed by atoms with Crippen LogP contribution in [-0.4, -0.2) is 12.6 Å². The Hall–Kier alpha value is -1.71. The molecule has 2 aromatic carbocycles. The molecular weight excluding hydrogens is 298 g/mol. The maximum atomic E-state index is 6.06. The molecule has 2 aromatic rings. The molecule has 3 nitrogen and oxygen atoms in total. The Kier molecular flexibility index (Phi) is 6.10. The van der Waals surface area contributed by atoms with Crippen LogP contribution >= 0.6 is 11.6 Å². The fraction of sp³-hybridized carbons (Fsp3) is 0.333. The molecule has 4 heteroatoms. The van der Waals surface area contributed by atoms with Crippen LogP contribution in [0.3, 0.4) is 0 Å². The predicted molar refractivity (Wildman–Crippen MR) is 90.9 cm³/mol. The first kappa shape index (κ1) is 16.7. The lowest BCUT2D eigenvalue weighted by Crippen LogP contribution is -2.29. The van der Waals surface area contributed by atoms with Crippen molar-refractivity contribution in [3.63, 3.8) is 0 Å². The lowest BCUT2D eigenvalue weighted by Gasteiger charge is -2.17. The van der Waals surface area contributed by atoms with Crippen molar-refractivity contribution >= 4 is 11.6 Å². The van der Waals surface area contributed by atoms with Gasteiger partial charge in [0.2, 0.25) is 0 Å². The second-order valence-electron chi connectivity index (χ2n) is 5.71. The smallest absolute Gasteiger partial charge is 0.169 e. The number of nitrogens with two attached hydrogens (primary N) is 1. The standard InChI is InChI=1S/C18H22ClNO2/c1-13(2)10-15(20)12-21-17-8-3-4-9-18(17)22-16-7-5-6-14(19)11-16/h3-9,11,13,15H,10,12,20H2,1-2H3/t15-/m1/s1. The maximum Gasteiger partial charge on any atom is 0.169 e. The van der Waals surface area contributed by atoms with E-state index in [4.69, 9.17) is 26.8 Å². The van der Waals surface area contributed by atoms with Gasteiger partial charge in [0.15, 0.2) is 11.5 Å². The quantitative estimate of drug-likeness (QED) is 0.790. The van der Waals surface area contributed by atoms with E-state index < -0.39 is 0 Å². The molecule has 0 unspecified atom stereocenters. The molecule has 22 heavy (non-hydrogen) atoms. The van der Waals surface area contributed by atoms with E-state index in [1.807, 2.05) is 42.5 Å². The monoisotopic (exact) mass is 319 g/mol. The Morgan fingerprint density at radius 2 is 1.77 bits per heavy atom. The molecule has 0 aliphatic rings. The molecule has 2 rings (SSSR count). The normalized spacial score (nSPS) is 12.2. The molecule has 0 aromatic heterocycles. The third kappa shape index (κ3) is 5.24. The fourth-order valence-corrected chi connectivity index (χ4v) is 2.36. The van der Waals surface area contributed by atoms with Crippen LogP contribution < -0.4 is 15.2 Å². The topological polar surface area (TPSA) is 44.5 Å². The molecule has 0 radical (unpaired) electrons. The van der Waals surface area contributed by atoms with Gasteiger partial charge in [0, 0.05) is 11.1 Å². The van der Waals surface area contributed by atoms with Gasteiger partial charge in [-0.3, -0.25) is 0 Å². The van der Waals surface area contributed by atoms with Gasteiger partial charge >= 0.3 is 0 Å². The largest absolute Gasteiger partial charge is 0.488 e. The van der Waals surface area contributed by atoms with Crippen molar-refractivity contribution in [3.8, 4) is 17.2 Å². The first-order chi connectivity index (χ1) is 10.5. The highest BCUT2D eigenvalue weighted by molar-refractivity contribution is 6.30. The molecule has 0 saturated heterocycles. The minimum Gasteiger partial charge on any atom is -0.488 e. The van der Waals surface area contributed by atoms with Crippen LogP contribution in [0.4, 0.5) is 0 Å². The van der Waals surface area contributed by atoms with E-state index >= 15 is 0 Å². The molecule has 1 atom stereocenters. The number of hydrogen-bond donors (Lipinski definition) is 1. The minimum atomic E-state index is 0.0132. The molecule has 0 saturated carbocycles. The number of ether oxygens (including phenoxy) is 2. The number of para-hydroxylation sites is 2. The summed E-state index contributed by atoms with van der Waals surface area (Å²) >= 11 is 5.97. The Bertz CT molecular complexity index is 601. The van der Waals surface area contributed by atoms with E-state index in [-0.39, 0.29) is 6.04 Å². The van der Waals surface area contributed by atoms with E-state index in [9.17, 15) is 0 Å². The van der Waals surface area contributed by atoms with Crippen molar-refractivity contribution in [1.82, 2.24) is 0 Å². The van der Waals surface area contributed by atoms with Gasteiger partial charge in [-0.1, -0.05) is 43.6 Å². The summed E-state index contributed by atoms with van der Waals surface area (Å²) < 4.78 is 11.7. The molecule has 0 fully saturated rings. The van der Waals surface area contributed by atoms with Crippen LogP contribution in [0.25, 0.3) is 0 Å². The second kappa shape index (κ2) is 8.06. The van der Waals surface area contributed by atoms with E-state index in [1.165, 1.54) is 0 Å². The lowest BCUT2D eigenvalue weighted by molar-refractivity contribution is 0.262. The molecule has 118 valence electrons. The molecule has 2 N–H and O–H groups in total. The zero-order valence-electron chi connectivity index (χ0n) is 13.0. The van der Waals surface area contributed by atoms with Crippen molar-refractivity contribution in [1.29, 1.82) is 0 Å². The summed E-state index contributed by atoms with van der Waals surface area (Å²) in [5.74, 6) is 2.56. The van der Waals surface area contributed by atoms with Gasteiger partial charge in [-0.25, -0.2) is 0 Å². The van der Waals surface area contributed by atoms with Gasteiger partial charge in [-0.15, -0.1) is 0 Å². The van der Waals surface area contributed by atoms with E-state index in [1.54, 1.807) is 6.07 Å². The summed E-state index contributed by atoms with van der Waals surface area (Å²) in [4.78, 5) is 0. The highest BCUT2D eigenvalue weighted by Crippen LogP contribution is 2.32. The first-order valence-corrected chi connectivity index (χ1v) is 7.83. The lowest BCUT2D eigenvalue weighted by atomic mass is 10.1. The average Bonchev–Trinajstić information content (AvgIpc) is 2.46. The fourth-order valence-electron chi connectivity index (χ4n) is 2.18. The van der Waals surface area contributed by atoms with Crippen LogP contribution in [0.15, 0.2) is 48.5 Å². The molecule has 0 aliphatic carbocycles. The number of rotatable bonds is 7. The van der Waals surface area contributed by atoms with Crippen molar-refractivity contribution in [2.75, 3.05) is 6.61 Å². The Balaban J connectivity index is 2.03. The summed E-state index contributed by atoms with van der Waals surface area (Å²) in [7, 11) is 0. The Morgan fingerprint density at radius 1 is 1.05 bits per heavy atom.